The van der Waals surface area contributed by atoms with Crippen LogP contribution in [0, 0.1) is 24.7 Å². The molecule has 10 heteroatoms. The van der Waals surface area contributed by atoms with E-state index in [0.29, 0.717) is 60.1 Å². The molecule has 0 radical (unpaired) electrons. The van der Waals surface area contributed by atoms with Gasteiger partial charge in [0.2, 0.25) is 11.8 Å². The van der Waals surface area contributed by atoms with Gasteiger partial charge in [-0.3, -0.25) is 19.3 Å². The number of ketones is 1. The highest BCUT2D eigenvalue weighted by Crippen LogP contribution is 2.42. The Balaban J connectivity index is 1.32. The van der Waals surface area contributed by atoms with Gasteiger partial charge < -0.3 is 9.47 Å². The van der Waals surface area contributed by atoms with Crippen molar-refractivity contribution < 1.29 is 28.7 Å². The summed E-state index contributed by atoms with van der Waals surface area (Å²) in [6, 6.07) is 16.9. The first-order chi connectivity index (χ1) is 21.6. The molecule has 0 N–H and O–H groups in total. The van der Waals surface area contributed by atoms with E-state index in [1.165, 1.54) is 12.0 Å². The first kappa shape index (κ1) is 30.9. The summed E-state index contributed by atoms with van der Waals surface area (Å²) in [5.41, 5.74) is 3.35. The molecule has 3 unspecified atom stereocenters. The number of carbonyl (C=O) groups excluding carboxylic acids is 4. The number of hydrogen-bond acceptors (Lipinski definition) is 7. The molecule has 1 saturated heterocycles. The lowest BCUT2D eigenvalue weighted by atomic mass is 9.76. The number of benzene rings is 3. The maximum atomic E-state index is 13.5. The molecule has 0 bridgehead atoms. The number of aryl methyl sites for hydroxylation is 1. The van der Waals surface area contributed by atoms with Crippen molar-refractivity contribution in [1.29, 1.82) is 0 Å². The van der Waals surface area contributed by atoms with Crippen molar-refractivity contribution in [2.24, 2.45) is 17.8 Å². The Morgan fingerprint density at radius 3 is 2.49 bits per heavy atom. The van der Waals surface area contributed by atoms with Crippen LogP contribution in [0.5, 0.6) is 5.75 Å². The monoisotopic (exact) mass is 688 g/mol. The third-order valence-electron chi connectivity index (χ3n) is 8.78. The fraction of sp³-hybridized carbons (Fsp3) is 0.286. The van der Waals surface area contributed by atoms with Gasteiger partial charge in [-0.15, -0.1) is 0 Å². The van der Waals surface area contributed by atoms with Crippen LogP contribution in [0.1, 0.15) is 52.5 Å². The van der Waals surface area contributed by atoms with Gasteiger partial charge in [0.05, 0.1) is 46.4 Å². The van der Waals surface area contributed by atoms with Crippen LogP contribution in [0.15, 0.2) is 65.1 Å². The maximum absolute atomic E-state index is 13.5. The summed E-state index contributed by atoms with van der Waals surface area (Å²) in [5.74, 6) is -0.941. The van der Waals surface area contributed by atoms with E-state index < -0.39 is 12.6 Å². The number of esters is 1. The van der Waals surface area contributed by atoms with Crippen LogP contribution in [-0.2, 0) is 14.3 Å². The van der Waals surface area contributed by atoms with E-state index in [1.807, 2.05) is 6.92 Å². The zero-order chi connectivity index (χ0) is 32.0. The molecule has 8 nitrogen and oxygen atoms in total. The summed E-state index contributed by atoms with van der Waals surface area (Å²) >= 11 is 9.99. The number of Topliss-reactive ketones (excluding diaryl/α,β-unsaturated/α-hetero) is 1. The number of nitrogens with zero attached hydrogens (tertiary/aromatic N) is 2. The van der Waals surface area contributed by atoms with Gasteiger partial charge in [-0.05, 0) is 90.0 Å². The number of anilines is 1. The molecule has 6 rings (SSSR count). The van der Waals surface area contributed by atoms with Gasteiger partial charge in [-0.25, -0.2) is 9.78 Å². The topological polar surface area (TPSA) is 103 Å². The number of fused-ring (bicyclic) bond motifs is 2. The molecule has 1 saturated carbocycles. The third-order valence-corrected chi connectivity index (χ3v) is 10.1. The second kappa shape index (κ2) is 12.4. The van der Waals surface area contributed by atoms with Gasteiger partial charge >= 0.3 is 5.97 Å². The Morgan fingerprint density at radius 2 is 1.76 bits per heavy atom. The number of imide groups is 1. The summed E-state index contributed by atoms with van der Waals surface area (Å²) in [7, 11) is 1.51. The Kier molecular flexibility index (Phi) is 8.50. The average Bonchev–Trinajstić information content (AvgIpc) is 3.30. The molecule has 1 aliphatic carbocycles. The van der Waals surface area contributed by atoms with Gasteiger partial charge in [0.25, 0.3) is 0 Å². The summed E-state index contributed by atoms with van der Waals surface area (Å²) in [6.45, 7) is 3.46. The van der Waals surface area contributed by atoms with E-state index in [0.717, 1.165) is 19.3 Å². The predicted molar refractivity (Wildman–Crippen MR) is 175 cm³/mol. The highest BCUT2D eigenvalue weighted by molar-refractivity contribution is 9.10. The number of carbonyl (C=O) groups is 4. The molecule has 1 aromatic heterocycles. The Hall–Kier alpha value is -4.08. The SMILES string of the molecule is COc1cccc(C(=O)COC(=O)c2cc(-c3ccc(N4C(=O)C5CCC(C)CC5C4=O)cc3)nc3c(C)c(Cl)c(Br)cc23)c1. The third kappa shape index (κ3) is 5.75. The van der Waals surface area contributed by atoms with Gasteiger partial charge in [0.1, 0.15) is 5.75 Å². The molecule has 4 aromatic rings. The Labute approximate surface area is 273 Å². The number of methoxy groups -OCH3 is 1. The van der Waals surface area contributed by atoms with Crippen LogP contribution in [0.4, 0.5) is 5.69 Å². The van der Waals surface area contributed by atoms with E-state index in [2.05, 4.69) is 22.9 Å². The molecule has 45 heavy (non-hydrogen) atoms. The highest BCUT2D eigenvalue weighted by Gasteiger charge is 2.49. The number of aromatic nitrogens is 1. The lowest BCUT2D eigenvalue weighted by Crippen LogP contribution is -2.30. The van der Waals surface area contributed by atoms with Gasteiger partial charge in [-0.2, -0.15) is 0 Å². The number of pyridine rings is 1. The van der Waals surface area contributed by atoms with Crippen LogP contribution < -0.4 is 9.64 Å². The van der Waals surface area contributed by atoms with Crippen molar-refractivity contribution in [1.82, 2.24) is 4.98 Å². The molecular formula is C35H30BrClN2O6. The van der Waals surface area contributed by atoms with Crippen molar-refractivity contribution in [3.05, 3.63) is 86.8 Å². The molecule has 2 amide bonds. The van der Waals surface area contributed by atoms with Crippen molar-refractivity contribution in [3.8, 4) is 17.0 Å². The summed E-state index contributed by atoms with van der Waals surface area (Å²) < 4.78 is 11.3. The molecule has 230 valence electrons. The minimum atomic E-state index is -0.699. The Bertz CT molecular complexity index is 1870. The molecular weight excluding hydrogens is 660 g/mol. The van der Waals surface area contributed by atoms with Crippen molar-refractivity contribution in [3.63, 3.8) is 0 Å². The van der Waals surface area contributed by atoms with E-state index in [4.69, 9.17) is 26.1 Å². The van der Waals surface area contributed by atoms with E-state index >= 15 is 0 Å². The summed E-state index contributed by atoms with van der Waals surface area (Å²) in [6.07, 6.45) is 2.40. The smallest absolute Gasteiger partial charge is 0.339 e. The zero-order valence-corrected chi connectivity index (χ0v) is 27.3. The number of hydrogen-bond donors (Lipinski definition) is 0. The fourth-order valence-electron chi connectivity index (χ4n) is 6.29. The Morgan fingerprint density at radius 1 is 1.02 bits per heavy atom. The number of amides is 2. The average molecular weight is 690 g/mol. The van der Waals surface area contributed by atoms with Gasteiger partial charge in [0, 0.05) is 21.0 Å². The second-order valence-corrected chi connectivity index (χ2v) is 12.9. The van der Waals surface area contributed by atoms with Crippen LogP contribution in [0.3, 0.4) is 0 Å². The lowest BCUT2D eigenvalue weighted by Gasteiger charge is -2.25. The molecule has 2 fully saturated rings. The standard InChI is InChI=1S/C35H30BrClN2O6/c1-18-7-12-24-26(13-18)34(42)39(33(24)41)22-10-8-20(9-11-22)29-16-27(25-15-28(36)31(37)19(2)32(25)38-29)35(43)45-17-30(40)21-5-4-6-23(14-21)44-3/h4-6,8-11,14-16,18,24,26H,7,12-13,17H2,1-3H3. The minimum absolute atomic E-state index is 0.141. The lowest BCUT2D eigenvalue weighted by molar-refractivity contribution is -0.122. The number of ether oxygens (including phenoxy) is 2. The van der Waals surface area contributed by atoms with Crippen molar-refractivity contribution >= 4 is 67.7 Å². The molecule has 1 aliphatic heterocycles. The van der Waals surface area contributed by atoms with Gasteiger partial charge in [-0.1, -0.05) is 42.8 Å². The van der Waals surface area contributed by atoms with Crippen LogP contribution >= 0.6 is 27.5 Å². The molecule has 2 heterocycles. The van der Waals surface area contributed by atoms with E-state index in [-0.39, 0.29) is 35.0 Å². The largest absolute Gasteiger partial charge is 0.497 e. The quantitative estimate of drug-likeness (QED) is 0.112. The minimum Gasteiger partial charge on any atom is -0.497 e. The normalized spacial score (nSPS) is 19.5. The number of rotatable bonds is 7. The maximum Gasteiger partial charge on any atom is 0.339 e. The van der Waals surface area contributed by atoms with Crippen molar-refractivity contribution in [2.45, 2.75) is 33.1 Å². The van der Waals surface area contributed by atoms with E-state index in [9.17, 15) is 19.2 Å². The number of halogens is 2. The molecule has 3 atom stereocenters. The van der Waals surface area contributed by atoms with E-state index in [1.54, 1.807) is 60.7 Å². The second-order valence-electron chi connectivity index (χ2n) is 11.7. The zero-order valence-electron chi connectivity index (χ0n) is 24.9. The van der Waals surface area contributed by atoms with Crippen LogP contribution in [-0.4, -0.2) is 42.3 Å². The first-order valence-electron chi connectivity index (χ1n) is 14.7. The summed E-state index contributed by atoms with van der Waals surface area (Å²) in [5, 5.41) is 0.963. The predicted octanol–water partition coefficient (Wildman–Crippen LogP) is 7.60. The summed E-state index contributed by atoms with van der Waals surface area (Å²) in [4.78, 5) is 58.9. The van der Waals surface area contributed by atoms with Crippen LogP contribution in [0.2, 0.25) is 5.02 Å². The molecule has 0 spiro atoms. The fourth-order valence-corrected chi connectivity index (χ4v) is 6.96. The first-order valence-corrected chi connectivity index (χ1v) is 15.9. The highest BCUT2D eigenvalue weighted by atomic mass is 79.9. The van der Waals surface area contributed by atoms with Crippen molar-refractivity contribution in [2.75, 3.05) is 18.6 Å². The van der Waals surface area contributed by atoms with Gasteiger partial charge in [0.15, 0.2) is 12.4 Å². The molecule has 3 aromatic carbocycles. The van der Waals surface area contributed by atoms with Crippen LogP contribution in [0.25, 0.3) is 22.2 Å². The molecule has 2 aliphatic rings.